The highest BCUT2D eigenvalue weighted by Crippen LogP contribution is 2.24. The molecule has 0 saturated carbocycles. The van der Waals surface area contributed by atoms with Crippen LogP contribution in [-0.4, -0.2) is 22.8 Å². The Labute approximate surface area is 191 Å². The van der Waals surface area contributed by atoms with Gasteiger partial charge in [-0.15, -0.1) is 11.3 Å². The van der Waals surface area contributed by atoms with Gasteiger partial charge in [0.2, 0.25) is 5.91 Å². The molecule has 5 nitrogen and oxygen atoms in total. The van der Waals surface area contributed by atoms with E-state index in [0.717, 1.165) is 16.8 Å². The van der Waals surface area contributed by atoms with Gasteiger partial charge in [0.15, 0.2) is 5.13 Å². The number of hydrogen-bond acceptors (Lipinski definition) is 4. The topological polar surface area (TPSA) is 71.1 Å². The van der Waals surface area contributed by atoms with Crippen LogP contribution in [-0.2, 0) is 11.2 Å². The van der Waals surface area contributed by atoms with Crippen molar-refractivity contribution in [3.05, 3.63) is 108 Å². The maximum Gasteiger partial charge on any atom is 0.251 e. The number of nitrogens with one attached hydrogen (secondary N) is 2. The second-order valence-electron chi connectivity index (χ2n) is 7.31. The smallest absolute Gasteiger partial charge is 0.251 e. The number of aromatic nitrogens is 1. The fourth-order valence-corrected chi connectivity index (χ4v) is 4.04. The molecule has 160 valence electrons. The van der Waals surface area contributed by atoms with Gasteiger partial charge in [-0.1, -0.05) is 78.9 Å². The summed E-state index contributed by atoms with van der Waals surface area (Å²) in [5.41, 5.74) is 3.42. The van der Waals surface area contributed by atoms with Crippen molar-refractivity contribution in [3.63, 3.8) is 0 Å². The number of thiazole rings is 1. The number of anilines is 1. The highest BCUT2D eigenvalue weighted by atomic mass is 32.1. The zero-order valence-electron chi connectivity index (χ0n) is 17.4. The molecule has 0 spiro atoms. The highest BCUT2D eigenvalue weighted by Gasteiger charge is 2.22. The Balaban J connectivity index is 1.47. The van der Waals surface area contributed by atoms with Crippen molar-refractivity contribution in [1.82, 2.24) is 10.3 Å². The van der Waals surface area contributed by atoms with E-state index in [2.05, 4.69) is 15.6 Å². The van der Waals surface area contributed by atoms with Crippen LogP contribution in [0.2, 0.25) is 0 Å². The Bertz CT molecular complexity index is 1160. The van der Waals surface area contributed by atoms with Crippen LogP contribution in [0.25, 0.3) is 11.3 Å². The van der Waals surface area contributed by atoms with Crippen LogP contribution >= 0.6 is 11.3 Å². The number of nitrogens with zero attached hydrogens (tertiary/aromatic N) is 1. The number of carbonyl (C=O) groups excluding carboxylic acids is 2. The molecule has 32 heavy (non-hydrogen) atoms. The van der Waals surface area contributed by atoms with E-state index in [1.807, 2.05) is 72.1 Å². The summed E-state index contributed by atoms with van der Waals surface area (Å²) in [6.07, 6.45) is 1.15. The molecule has 0 bridgehead atoms. The molecule has 0 fully saturated rings. The molecule has 0 aliphatic rings. The maximum absolute atomic E-state index is 13.1. The average molecular weight is 442 g/mol. The zero-order chi connectivity index (χ0) is 22.2. The molecule has 0 aliphatic carbocycles. The molecule has 1 aromatic heterocycles. The molecule has 4 rings (SSSR count). The lowest BCUT2D eigenvalue weighted by Gasteiger charge is -2.18. The second-order valence-corrected chi connectivity index (χ2v) is 8.17. The predicted octanol–water partition coefficient (Wildman–Crippen LogP) is 5.18. The average Bonchev–Trinajstić information content (AvgIpc) is 3.31. The van der Waals surface area contributed by atoms with Crippen LogP contribution in [0.4, 0.5) is 5.13 Å². The Kier molecular flexibility index (Phi) is 7.05. The molecule has 6 heteroatoms. The molecule has 3 aromatic carbocycles. The summed E-state index contributed by atoms with van der Waals surface area (Å²) in [6.45, 7) is 0. The third kappa shape index (κ3) is 5.68. The number of rotatable bonds is 8. The largest absolute Gasteiger partial charge is 0.340 e. The first-order chi connectivity index (χ1) is 15.7. The van der Waals surface area contributed by atoms with Gasteiger partial charge in [-0.2, -0.15) is 0 Å². The van der Waals surface area contributed by atoms with Crippen LogP contribution in [0.1, 0.15) is 22.3 Å². The lowest BCUT2D eigenvalue weighted by atomic mass is 10.0. The Morgan fingerprint density at radius 1 is 0.844 bits per heavy atom. The lowest BCUT2D eigenvalue weighted by molar-refractivity contribution is -0.118. The first kappa shape index (κ1) is 21.5. The summed E-state index contributed by atoms with van der Waals surface area (Å²) in [7, 11) is 0. The first-order valence-electron chi connectivity index (χ1n) is 10.4. The summed E-state index contributed by atoms with van der Waals surface area (Å²) in [5.74, 6) is -0.554. The van der Waals surface area contributed by atoms with E-state index in [0.29, 0.717) is 23.5 Å². The molecule has 1 atom stereocenters. The molecular formula is C26H23N3O2S. The normalized spacial score (nSPS) is 11.5. The van der Waals surface area contributed by atoms with Crippen molar-refractivity contribution >= 4 is 28.3 Å². The van der Waals surface area contributed by atoms with Crippen LogP contribution in [0.15, 0.2) is 96.4 Å². The number of benzene rings is 3. The highest BCUT2D eigenvalue weighted by molar-refractivity contribution is 7.14. The Morgan fingerprint density at radius 3 is 2.16 bits per heavy atom. The fourth-order valence-electron chi connectivity index (χ4n) is 3.32. The van der Waals surface area contributed by atoms with Crippen LogP contribution in [0, 0.1) is 0 Å². The fraction of sp³-hybridized carbons (Fsp3) is 0.115. The van der Waals surface area contributed by atoms with Gasteiger partial charge in [0.05, 0.1) is 5.69 Å². The van der Waals surface area contributed by atoms with Gasteiger partial charge in [-0.25, -0.2) is 4.98 Å². The Morgan fingerprint density at radius 2 is 1.47 bits per heavy atom. The summed E-state index contributed by atoms with van der Waals surface area (Å²) in [6, 6.07) is 27.9. The van der Waals surface area contributed by atoms with Crippen LogP contribution < -0.4 is 10.6 Å². The molecular weight excluding hydrogens is 418 g/mol. The van der Waals surface area contributed by atoms with Crippen molar-refractivity contribution in [3.8, 4) is 11.3 Å². The van der Waals surface area contributed by atoms with Gasteiger partial charge in [0, 0.05) is 16.5 Å². The number of aryl methyl sites for hydroxylation is 1. The minimum atomic E-state index is -0.688. The maximum atomic E-state index is 13.1. The van der Waals surface area contributed by atoms with Crippen molar-refractivity contribution in [1.29, 1.82) is 0 Å². The molecule has 1 unspecified atom stereocenters. The molecule has 0 aliphatic heterocycles. The Hall–Kier alpha value is -3.77. The summed E-state index contributed by atoms with van der Waals surface area (Å²) >= 11 is 1.36. The van der Waals surface area contributed by atoms with E-state index in [-0.39, 0.29) is 11.8 Å². The van der Waals surface area contributed by atoms with Crippen molar-refractivity contribution in [2.75, 3.05) is 5.32 Å². The van der Waals surface area contributed by atoms with Gasteiger partial charge < -0.3 is 10.6 Å². The van der Waals surface area contributed by atoms with E-state index < -0.39 is 6.04 Å². The summed E-state index contributed by atoms with van der Waals surface area (Å²) in [4.78, 5) is 30.3. The van der Waals surface area contributed by atoms with Gasteiger partial charge in [0.25, 0.3) is 5.91 Å². The third-order valence-corrected chi connectivity index (χ3v) is 5.78. The SMILES string of the molecule is O=C(NC(CCc1ccccc1)C(=O)Nc1nc(-c2ccccc2)cs1)c1ccccc1. The third-order valence-electron chi connectivity index (χ3n) is 5.03. The second kappa shape index (κ2) is 10.5. The molecule has 4 aromatic rings. The lowest BCUT2D eigenvalue weighted by Crippen LogP contribution is -2.44. The quantitative estimate of drug-likeness (QED) is 0.396. The van der Waals surface area contributed by atoms with Crippen LogP contribution in [0.3, 0.4) is 0 Å². The number of hydrogen-bond donors (Lipinski definition) is 2. The zero-order valence-corrected chi connectivity index (χ0v) is 18.2. The van der Waals surface area contributed by atoms with E-state index in [1.165, 1.54) is 11.3 Å². The molecule has 0 saturated heterocycles. The van der Waals surface area contributed by atoms with Gasteiger partial charge in [-0.3, -0.25) is 9.59 Å². The summed E-state index contributed by atoms with van der Waals surface area (Å²) < 4.78 is 0. The van der Waals surface area contributed by atoms with Gasteiger partial charge in [-0.05, 0) is 30.5 Å². The minimum absolute atomic E-state index is 0.275. The molecule has 1 heterocycles. The van der Waals surface area contributed by atoms with E-state index >= 15 is 0 Å². The molecule has 0 radical (unpaired) electrons. The predicted molar refractivity (Wildman–Crippen MR) is 129 cm³/mol. The van der Waals surface area contributed by atoms with Crippen molar-refractivity contribution in [2.45, 2.75) is 18.9 Å². The van der Waals surface area contributed by atoms with E-state index in [4.69, 9.17) is 0 Å². The van der Waals surface area contributed by atoms with Gasteiger partial charge in [0.1, 0.15) is 6.04 Å². The van der Waals surface area contributed by atoms with Gasteiger partial charge >= 0.3 is 0 Å². The van der Waals surface area contributed by atoms with Crippen molar-refractivity contribution in [2.24, 2.45) is 0 Å². The van der Waals surface area contributed by atoms with Crippen LogP contribution in [0.5, 0.6) is 0 Å². The molecule has 2 N–H and O–H groups in total. The van der Waals surface area contributed by atoms with Crippen molar-refractivity contribution < 1.29 is 9.59 Å². The summed E-state index contributed by atoms with van der Waals surface area (Å²) in [5, 5.41) is 8.18. The first-order valence-corrected chi connectivity index (χ1v) is 11.3. The van der Waals surface area contributed by atoms with E-state index in [9.17, 15) is 9.59 Å². The number of amides is 2. The minimum Gasteiger partial charge on any atom is -0.340 e. The number of carbonyl (C=O) groups is 2. The molecule has 2 amide bonds. The van der Waals surface area contributed by atoms with E-state index in [1.54, 1.807) is 24.3 Å². The standard InChI is InChI=1S/C26H23N3O2S/c30-24(21-14-8-3-9-15-21)27-22(17-16-19-10-4-1-5-11-19)25(31)29-26-28-23(18-32-26)20-12-6-2-7-13-20/h1-15,18,22H,16-17H2,(H,27,30)(H,28,29,31). The monoisotopic (exact) mass is 441 g/mol.